The lowest BCUT2D eigenvalue weighted by Gasteiger charge is -2.42. The fraction of sp³-hybridized carbons (Fsp3) is 0.500. The van der Waals surface area contributed by atoms with Crippen molar-refractivity contribution in [2.24, 2.45) is 5.92 Å². The molecule has 2 aromatic rings. The Balaban J connectivity index is 2.10. The molecule has 1 amide bonds. The molecule has 0 aliphatic carbocycles. The number of methoxy groups -OCH3 is 1. The number of rotatable bonds is 5. The van der Waals surface area contributed by atoms with Gasteiger partial charge in [0.1, 0.15) is 11.3 Å². The number of nitrogens with one attached hydrogen (secondary N) is 2. The molecule has 1 aliphatic heterocycles. The van der Waals surface area contributed by atoms with Gasteiger partial charge in [-0.25, -0.2) is 0 Å². The van der Waals surface area contributed by atoms with E-state index in [0.717, 1.165) is 35.2 Å². The number of fused-ring (bicyclic) bond motifs is 1. The third-order valence-corrected chi connectivity index (χ3v) is 4.92. The minimum absolute atomic E-state index is 0.0266. The van der Waals surface area contributed by atoms with Crippen LogP contribution in [0.5, 0.6) is 5.75 Å². The highest BCUT2D eigenvalue weighted by molar-refractivity contribution is 5.89. The molecule has 1 aromatic heterocycles. The molecule has 6 heteroatoms. The van der Waals surface area contributed by atoms with Gasteiger partial charge in [0.15, 0.2) is 0 Å². The Hall–Kier alpha value is -2.18. The van der Waals surface area contributed by atoms with E-state index in [9.17, 15) is 4.79 Å². The molecular weight excluding hydrogens is 328 g/mol. The van der Waals surface area contributed by atoms with E-state index in [1.807, 2.05) is 31.1 Å². The number of benzene rings is 1. The summed E-state index contributed by atoms with van der Waals surface area (Å²) in [7, 11) is 5.46. The average molecular weight is 356 g/mol. The SMILES string of the molecule is COc1ccc([C@@]2(NC(=O)CN(C)C)CNC[C@@H](C)C2)c2cccnc12. The lowest BCUT2D eigenvalue weighted by Crippen LogP contribution is -2.58. The third kappa shape index (κ3) is 3.66. The average Bonchev–Trinajstić information content (AvgIpc) is 2.59. The van der Waals surface area contributed by atoms with Crippen LogP contribution in [0.25, 0.3) is 10.9 Å². The maximum absolute atomic E-state index is 12.6. The van der Waals surface area contributed by atoms with Gasteiger partial charge >= 0.3 is 0 Å². The van der Waals surface area contributed by atoms with E-state index in [4.69, 9.17) is 4.74 Å². The zero-order valence-corrected chi connectivity index (χ0v) is 16.0. The van der Waals surface area contributed by atoms with Crippen molar-refractivity contribution < 1.29 is 9.53 Å². The summed E-state index contributed by atoms with van der Waals surface area (Å²) in [6.07, 6.45) is 2.66. The van der Waals surface area contributed by atoms with Gasteiger partial charge in [-0.2, -0.15) is 0 Å². The first kappa shape index (κ1) is 18.6. The first-order chi connectivity index (χ1) is 12.4. The van der Waals surface area contributed by atoms with Crippen LogP contribution in [-0.2, 0) is 10.3 Å². The first-order valence-corrected chi connectivity index (χ1v) is 9.04. The molecular formula is C20H28N4O2. The van der Waals surface area contributed by atoms with Crippen LogP contribution in [0.3, 0.4) is 0 Å². The predicted octanol–water partition coefficient (Wildman–Crippen LogP) is 1.75. The Morgan fingerprint density at radius 2 is 2.23 bits per heavy atom. The van der Waals surface area contributed by atoms with E-state index < -0.39 is 5.54 Å². The maximum Gasteiger partial charge on any atom is 0.234 e. The quantitative estimate of drug-likeness (QED) is 0.854. The highest BCUT2D eigenvalue weighted by atomic mass is 16.5. The summed E-state index contributed by atoms with van der Waals surface area (Å²) < 4.78 is 5.49. The van der Waals surface area contributed by atoms with Crippen molar-refractivity contribution in [3.05, 3.63) is 36.0 Å². The van der Waals surface area contributed by atoms with Gasteiger partial charge in [-0.15, -0.1) is 0 Å². The normalized spacial score (nSPS) is 23.2. The maximum atomic E-state index is 12.6. The van der Waals surface area contributed by atoms with Crippen LogP contribution >= 0.6 is 0 Å². The number of piperidine rings is 1. The molecule has 3 rings (SSSR count). The van der Waals surface area contributed by atoms with E-state index in [1.54, 1.807) is 13.3 Å². The number of hydrogen-bond acceptors (Lipinski definition) is 5. The molecule has 0 unspecified atom stereocenters. The van der Waals surface area contributed by atoms with Crippen LogP contribution in [0.15, 0.2) is 30.5 Å². The fourth-order valence-electron chi connectivity index (χ4n) is 3.96. The van der Waals surface area contributed by atoms with Gasteiger partial charge in [-0.3, -0.25) is 9.78 Å². The van der Waals surface area contributed by atoms with Gasteiger partial charge in [0.25, 0.3) is 0 Å². The number of aromatic nitrogens is 1. The summed E-state index contributed by atoms with van der Waals surface area (Å²) in [5.41, 5.74) is 1.46. The van der Waals surface area contributed by atoms with E-state index in [1.165, 1.54) is 0 Å². The minimum atomic E-state index is -0.460. The van der Waals surface area contributed by atoms with Crippen molar-refractivity contribution in [3.63, 3.8) is 0 Å². The van der Waals surface area contributed by atoms with Crippen molar-refractivity contribution >= 4 is 16.8 Å². The Kier molecular flexibility index (Phi) is 5.44. The Labute approximate surface area is 154 Å². The zero-order valence-electron chi connectivity index (χ0n) is 16.0. The van der Waals surface area contributed by atoms with Gasteiger partial charge in [-0.1, -0.05) is 19.1 Å². The summed E-state index contributed by atoms with van der Waals surface area (Å²) in [6, 6.07) is 8.00. The molecule has 0 radical (unpaired) electrons. The number of pyridine rings is 1. The van der Waals surface area contributed by atoms with Crippen LogP contribution in [0.2, 0.25) is 0 Å². The van der Waals surface area contributed by atoms with Crippen molar-refractivity contribution in [1.82, 2.24) is 20.5 Å². The van der Waals surface area contributed by atoms with Crippen molar-refractivity contribution in [3.8, 4) is 5.75 Å². The Morgan fingerprint density at radius 3 is 2.92 bits per heavy atom. The number of carbonyl (C=O) groups excluding carboxylic acids is 1. The van der Waals surface area contributed by atoms with Crippen molar-refractivity contribution in [1.29, 1.82) is 0 Å². The number of nitrogens with zero attached hydrogens (tertiary/aromatic N) is 2. The lowest BCUT2D eigenvalue weighted by molar-refractivity contribution is -0.124. The van der Waals surface area contributed by atoms with Crippen molar-refractivity contribution in [2.45, 2.75) is 18.9 Å². The molecule has 0 bridgehead atoms. The molecule has 1 aliphatic rings. The standard InChI is InChI=1S/C20H28N4O2/c1-14-10-20(13-21-11-14,23-18(25)12-24(2)3)16-7-8-17(26-4)19-15(16)6-5-9-22-19/h5-9,14,21H,10-13H2,1-4H3,(H,23,25)/t14-,20-/m0/s1. The molecule has 26 heavy (non-hydrogen) atoms. The predicted molar refractivity (Wildman–Crippen MR) is 103 cm³/mol. The van der Waals surface area contributed by atoms with E-state index in [-0.39, 0.29) is 5.91 Å². The van der Waals surface area contributed by atoms with E-state index >= 15 is 0 Å². The molecule has 6 nitrogen and oxygen atoms in total. The highest BCUT2D eigenvalue weighted by Crippen LogP contribution is 2.37. The van der Waals surface area contributed by atoms with Crippen LogP contribution in [0.4, 0.5) is 0 Å². The second-order valence-electron chi connectivity index (χ2n) is 7.52. The smallest absolute Gasteiger partial charge is 0.234 e. The van der Waals surface area contributed by atoms with Gasteiger partial charge in [-0.05, 0) is 50.7 Å². The molecule has 2 heterocycles. The monoisotopic (exact) mass is 356 g/mol. The van der Waals surface area contributed by atoms with Crippen LogP contribution in [0, 0.1) is 5.92 Å². The van der Waals surface area contributed by atoms with Crippen LogP contribution < -0.4 is 15.4 Å². The summed E-state index contributed by atoms with van der Waals surface area (Å²) in [6.45, 7) is 4.23. The number of amides is 1. The molecule has 1 saturated heterocycles. The molecule has 0 saturated carbocycles. The molecule has 2 atom stereocenters. The second-order valence-corrected chi connectivity index (χ2v) is 7.52. The van der Waals surface area contributed by atoms with Crippen molar-refractivity contribution in [2.75, 3.05) is 40.8 Å². The number of likely N-dealkylation sites (N-methyl/N-ethyl adjacent to an activating group) is 1. The third-order valence-electron chi connectivity index (χ3n) is 4.92. The molecule has 2 N–H and O–H groups in total. The highest BCUT2D eigenvalue weighted by Gasteiger charge is 2.39. The zero-order chi connectivity index (χ0) is 18.7. The lowest BCUT2D eigenvalue weighted by atomic mass is 9.77. The number of ether oxygens (including phenoxy) is 1. The molecule has 0 spiro atoms. The summed E-state index contributed by atoms with van der Waals surface area (Å²) in [4.78, 5) is 19.0. The topological polar surface area (TPSA) is 66.5 Å². The minimum Gasteiger partial charge on any atom is -0.494 e. The number of carbonyl (C=O) groups is 1. The summed E-state index contributed by atoms with van der Waals surface area (Å²) in [5.74, 6) is 1.23. The van der Waals surface area contributed by atoms with Crippen LogP contribution in [-0.4, -0.2) is 56.6 Å². The first-order valence-electron chi connectivity index (χ1n) is 9.04. The van der Waals surface area contributed by atoms with Gasteiger partial charge in [0.05, 0.1) is 19.2 Å². The Morgan fingerprint density at radius 1 is 1.42 bits per heavy atom. The van der Waals surface area contributed by atoms with Gasteiger partial charge < -0.3 is 20.3 Å². The van der Waals surface area contributed by atoms with Gasteiger partial charge in [0, 0.05) is 18.1 Å². The molecule has 1 aromatic carbocycles. The van der Waals surface area contributed by atoms with Gasteiger partial charge in [0.2, 0.25) is 5.91 Å². The molecule has 1 fully saturated rings. The summed E-state index contributed by atoms with van der Waals surface area (Å²) in [5, 5.41) is 7.85. The largest absolute Gasteiger partial charge is 0.494 e. The number of hydrogen-bond donors (Lipinski definition) is 2. The molecule has 140 valence electrons. The van der Waals surface area contributed by atoms with E-state index in [2.05, 4.69) is 34.7 Å². The summed E-state index contributed by atoms with van der Waals surface area (Å²) >= 11 is 0. The second kappa shape index (κ2) is 7.60. The Bertz CT molecular complexity index is 792. The van der Waals surface area contributed by atoms with Crippen LogP contribution in [0.1, 0.15) is 18.9 Å². The fourth-order valence-corrected chi connectivity index (χ4v) is 3.96. The van der Waals surface area contributed by atoms with E-state index in [0.29, 0.717) is 19.0 Å².